The molecule has 0 unspecified atom stereocenters. The fourth-order valence-corrected chi connectivity index (χ4v) is 3.87. The van der Waals surface area contributed by atoms with Crippen LogP contribution in [0.25, 0.3) is 0 Å². The summed E-state index contributed by atoms with van der Waals surface area (Å²) in [5.41, 5.74) is 4.11. The molecule has 0 aliphatic rings. The summed E-state index contributed by atoms with van der Waals surface area (Å²) in [4.78, 5) is 28.9. The zero-order chi connectivity index (χ0) is 23.6. The molecule has 4 heteroatoms. The summed E-state index contributed by atoms with van der Waals surface area (Å²) in [5.74, 6) is -0.161. The van der Waals surface area contributed by atoms with Gasteiger partial charge in [-0.15, -0.1) is 0 Å². The number of aryl methyl sites for hydroxylation is 1. The predicted octanol–water partition coefficient (Wildman–Crippen LogP) is 5.09. The van der Waals surface area contributed by atoms with Crippen molar-refractivity contribution in [1.29, 1.82) is 0 Å². The molecule has 1 N–H and O–H groups in total. The number of amides is 2. The summed E-state index contributed by atoms with van der Waals surface area (Å²) in [6.07, 6.45) is 1.56. The van der Waals surface area contributed by atoms with Gasteiger partial charge in [-0.1, -0.05) is 97.4 Å². The molecule has 2 atom stereocenters. The number of carbonyl (C=O) groups excluding carboxylic acids is 2. The lowest BCUT2D eigenvalue weighted by Gasteiger charge is -2.32. The van der Waals surface area contributed by atoms with Crippen LogP contribution in [0.5, 0.6) is 0 Å². The van der Waals surface area contributed by atoms with Crippen molar-refractivity contribution in [2.45, 2.75) is 58.7 Å². The molecule has 0 fully saturated rings. The molecular formula is C29H34N2O2. The van der Waals surface area contributed by atoms with E-state index in [0.717, 1.165) is 28.7 Å². The molecule has 172 valence electrons. The number of nitrogens with one attached hydrogen (secondary N) is 1. The minimum atomic E-state index is -0.598. The molecule has 0 heterocycles. The summed E-state index contributed by atoms with van der Waals surface area (Å²) < 4.78 is 0. The molecular weight excluding hydrogens is 408 g/mol. The van der Waals surface area contributed by atoms with Crippen LogP contribution in [-0.2, 0) is 29.0 Å². The standard InChI is InChI=1S/C29H34N2O2/c1-4-23(3)30-29(33)27(19-24-13-7-5-8-14-24)31(21-25-15-9-6-10-16-25)28(32)20-26-17-11-12-22(2)18-26/h5-18,23,27H,4,19-21H2,1-3H3,(H,30,33)/t23-,27-/m1/s1. The molecule has 0 aliphatic heterocycles. The van der Waals surface area contributed by atoms with E-state index >= 15 is 0 Å². The van der Waals surface area contributed by atoms with Gasteiger partial charge in [0.05, 0.1) is 6.42 Å². The van der Waals surface area contributed by atoms with Crippen molar-refractivity contribution in [3.05, 3.63) is 107 Å². The Morgan fingerprint density at radius 1 is 0.848 bits per heavy atom. The van der Waals surface area contributed by atoms with Crippen LogP contribution in [0.1, 0.15) is 42.5 Å². The Labute approximate surface area is 197 Å². The molecule has 0 saturated heterocycles. The molecule has 2 amide bonds. The van der Waals surface area contributed by atoms with Crippen molar-refractivity contribution in [2.75, 3.05) is 0 Å². The molecule has 3 aromatic carbocycles. The lowest BCUT2D eigenvalue weighted by molar-refractivity contribution is -0.141. The van der Waals surface area contributed by atoms with Crippen LogP contribution in [0.15, 0.2) is 84.9 Å². The number of benzene rings is 3. The lowest BCUT2D eigenvalue weighted by atomic mass is 10.0. The van der Waals surface area contributed by atoms with E-state index in [1.807, 2.05) is 106 Å². The summed E-state index contributed by atoms with van der Waals surface area (Å²) in [7, 11) is 0. The second-order valence-electron chi connectivity index (χ2n) is 8.70. The Kier molecular flexibility index (Phi) is 8.82. The normalized spacial score (nSPS) is 12.6. The van der Waals surface area contributed by atoms with Gasteiger partial charge < -0.3 is 10.2 Å². The molecule has 4 nitrogen and oxygen atoms in total. The molecule has 0 spiro atoms. The SMILES string of the molecule is CC[C@@H](C)NC(=O)[C@@H](Cc1ccccc1)N(Cc1ccccc1)C(=O)Cc1cccc(C)c1. The third-order valence-electron chi connectivity index (χ3n) is 5.91. The second-order valence-corrected chi connectivity index (χ2v) is 8.70. The smallest absolute Gasteiger partial charge is 0.243 e. The zero-order valence-electron chi connectivity index (χ0n) is 19.8. The molecule has 0 aliphatic carbocycles. The van der Waals surface area contributed by atoms with Crippen LogP contribution in [-0.4, -0.2) is 28.8 Å². The van der Waals surface area contributed by atoms with Gasteiger partial charge in [0.2, 0.25) is 11.8 Å². The first kappa shape index (κ1) is 24.2. The van der Waals surface area contributed by atoms with E-state index in [1.165, 1.54) is 0 Å². The molecule has 33 heavy (non-hydrogen) atoms. The number of hydrogen-bond donors (Lipinski definition) is 1. The highest BCUT2D eigenvalue weighted by atomic mass is 16.2. The van der Waals surface area contributed by atoms with Gasteiger partial charge in [-0.3, -0.25) is 9.59 Å². The van der Waals surface area contributed by atoms with Crippen molar-refractivity contribution >= 4 is 11.8 Å². The van der Waals surface area contributed by atoms with Gasteiger partial charge in [-0.25, -0.2) is 0 Å². The van der Waals surface area contributed by atoms with Crippen molar-refractivity contribution in [3.63, 3.8) is 0 Å². The Balaban J connectivity index is 1.95. The minimum absolute atomic E-state index is 0.0428. The minimum Gasteiger partial charge on any atom is -0.352 e. The van der Waals surface area contributed by atoms with Gasteiger partial charge in [-0.05, 0) is 37.0 Å². The highest BCUT2D eigenvalue weighted by molar-refractivity contribution is 5.89. The number of hydrogen-bond acceptors (Lipinski definition) is 2. The predicted molar refractivity (Wildman–Crippen MR) is 134 cm³/mol. The maximum atomic E-state index is 13.7. The van der Waals surface area contributed by atoms with Crippen molar-refractivity contribution < 1.29 is 9.59 Å². The summed E-state index contributed by atoms with van der Waals surface area (Å²) in [6.45, 7) is 6.44. The van der Waals surface area contributed by atoms with Crippen LogP contribution in [0, 0.1) is 6.92 Å². The van der Waals surface area contributed by atoms with Crippen LogP contribution in [0.3, 0.4) is 0 Å². The molecule has 0 radical (unpaired) electrons. The lowest BCUT2D eigenvalue weighted by Crippen LogP contribution is -2.52. The van der Waals surface area contributed by atoms with Gasteiger partial charge >= 0.3 is 0 Å². The third-order valence-corrected chi connectivity index (χ3v) is 5.91. The first-order valence-electron chi connectivity index (χ1n) is 11.7. The average molecular weight is 443 g/mol. The Morgan fingerprint density at radius 3 is 2.06 bits per heavy atom. The Hall–Kier alpha value is -3.40. The van der Waals surface area contributed by atoms with Gasteiger partial charge in [0.15, 0.2) is 0 Å². The van der Waals surface area contributed by atoms with E-state index in [0.29, 0.717) is 13.0 Å². The van der Waals surface area contributed by atoms with Gasteiger partial charge in [-0.2, -0.15) is 0 Å². The zero-order valence-corrected chi connectivity index (χ0v) is 19.8. The number of nitrogens with zero attached hydrogens (tertiary/aromatic N) is 1. The largest absolute Gasteiger partial charge is 0.352 e. The fraction of sp³-hybridized carbons (Fsp3) is 0.310. The van der Waals surface area contributed by atoms with Crippen molar-refractivity contribution in [3.8, 4) is 0 Å². The summed E-state index contributed by atoms with van der Waals surface area (Å²) in [5, 5.41) is 3.11. The number of carbonyl (C=O) groups is 2. The van der Waals surface area contributed by atoms with Crippen LogP contribution >= 0.6 is 0 Å². The highest BCUT2D eigenvalue weighted by Crippen LogP contribution is 2.17. The number of rotatable bonds is 10. The molecule has 3 aromatic rings. The van der Waals surface area contributed by atoms with E-state index in [4.69, 9.17) is 0 Å². The maximum Gasteiger partial charge on any atom is 0.243 e. The van der Waals surface area contributed by atoms with E-state index in [-0.39, 0.29) is 24.3 Å². The van der Waals surface area contributed by atoms with Gasteiger partial charge in [0.1, 0.15) is 6.04 Å². The van der Waals surface area contributed by atoms with Crippen LogP contribution in [0.2, 0.25) is 0 Å². The Morgan fingerprint density at radius 2 is 1.45 bits per heavy atom. The summed E-state index contributed by atoms with van der Waals surface area (Å²) in [6, 6.07) is 27.2. The van der Waals surface area contributed by atoms with Crippen LogP contribution < -0.4 is 5.32 Å². The maximum absolute atomic E-state index is 13.7. The highest BCUT2D eigenvalue weighted by Gasteiger charge is 2.30. The molecule has 3 rings (SSSR count). The topological polar surface area (TPSA) is 49.4 Å². The van der Waals surface area contributed by atoms with Crippen LogP contribution in [0.4, 0.5) is 0 Å². The average Bonchev–Trinajstić information content (AvgIpc) is 2.82. The van der Waals surface area contributed by atoms with E-state index in [2.05, 4.69) is 5.32 Å². The van der Waals surface area contributed by atoms with E-state index in [9.17, 15) is 9.59 Å². The van der Waals surface area contributed by atoms with Crippen molar-refractivity contribution in [2.24, 2.45) is 0 Å². The van der Waals surface area contributed by atoms with E-state index in [1.54, 1.807) is 4.90 Å². The fourth-order valence-electron chi connectivity index (χ4n) is 3.87. The van der Waals surface area contributed by atoms with E-state index < -0.39 is 6.04 Å². The first-order valence-corrected chi connectivity index (χ1v) is 11.7. The molecule has 0 bridgehead atoms. The first-order chi connectivity index (χ1) is 16.0. The van der Waals surface area contributed by atoms with Gasteiger partial charge in [0, 0.05) is 19.0 Å². The van der Waals surface area contributed by atoms with Crippen molar-refractivity contribution in [1.82, 2.24) is 10.2 Å². The quantitative estimate of drug-likeness (QED) is 0.475. The monoisotopic (exact) mass is 442 g/mol. The molecule has 0 saturated carbocycles. The third kappa shape index (κ3) is 7.31. The second kappa shape index (κ2) is 12.0. The Bertz CT molecular complexity index is 1030. The molecule has 0 aromatic heterocycles. The summed E-state index contributed by atoms with van der Waals surface area (Å²) >= 11 is 0. The van der Waals surface area contributed by atoms with Gasteiger partial charge in [0.25, 0.3) is 0 Å².